The molecule has 0 bridgehead atoms. The average Bonchev–Trinajstić information content (AvgIpc) is 2.65. The molecule has 154 valence electrons. The van der Waals surface area contributed by atoms with E-state index in [9.17, 15) is 4.79 Å². The van der Waals surface area contributed by atoms with Crippen molar-refractivity contribution in [1.29, 1.82) is 0 Å². The molecule has 0 heterocycles. The van der Waals surface area contributed by atoms with Crippen molar-refractivity contribution in [2.45, 2.75) is 32.3 Å². The molecule has 0 fully saturated rings. The molecule has 2 aromatic carbocycles. The molecular weight excluding hydrogens is 405 g/mol. The fourth-order valence-electron chi connectivity index (χ4n) is 2.73. The minimum absolute atomic E-state index is 0.0459. The van der Waals surface area contributed by atoms with Gasteiger partial charge in [0.05, 0.1) is 0 Å². The molecule has 0 aliphatic rings. The first-order valence-corrected chi connectivity index (χ1v) is 10.2. The van der Waals surface area contributed by atoms with Crippen LogP contribution >= 0.6 is 23.2 Å². The van der Waals surface area contributed by atoms with Gasteiger partial charge in [-0.3, -0.25) is 0 Å². The third-order valence-corrected chi connectivity index (χ3v) is 4.61. The summed E-state index contributed by atoms with van der Waals surface area (Å²) < 4.78 is 5.56. The van der Waals surface area contributed by atoms with Gasteiger partial charge in [-0.15, -0.1) is 6.58 Å². The van der Waals surface area contributed by atoms with Gasteiger partial charge in [0.2, 0.25) is 0 Å². The summed E-state index contributed by atoms with van der Waals surface area (Å²) in [5.41, 5.74) is 1.52. The van der Waals surface area contributed by atoms with Gasteiger partial charge in [-0.1, -0.05) is 65.7 Å². The molecule has 0 saturated heterocycles. The second kappa shape index (κ2) is 10.5. The number of halogens is 2. The molecular formula is C24H27Cl2NO2. The largest absolute Gasteiger partial charge is 0.444 e. The third-order valence-electron chi connectivity index (χ3n) is 4.11. The lowest BCUT2D eigenvalue weighted by molar-refractivity contribution is 0.0267. The van der Waals surface area contributed by atoms with Gasteiger partial charge in [-0.05, 0) is 56.2 Å². The standard InChI is InChI=1S/C24H27Cl2NO2/c1-5-16-27(23(28)29-24(2,3)4)17-20(19-10-14-22(26)15-11-19)9-6-18-7-12-21(25)13-8-18/h5-15,20H,1,16-17H2,2-4H3/b9-6+/t20-/m0/s1. The number of carbonyl (C=O) groups excluding carboxylic acids is 1. The molecule has 2 aromatic rings. The first kappa shape index (κ1) is 23.1. The maximum Gasteiger partial charge on any atom is 0.410 e. The molecule has 0 aliphatic carbocycles. The van der Waals surface area contributed by atoms with E-state index in [0.29, 0.717) is 23.1 Å². The zero-order chi connectivity index (χ0) is 21.4. The number of nitrogens with zero attached hydrogens (tertiary/aromatic N) is 1. The molecule has 1 amide bonds. The summed E-state index contributed by atoms with van der Waals surface area (Å²) in [7, 11) is 0. The van der Waals surface area contributed by atoms with Crippen molar-refractivity contribution in [3.8, 4) is 0 Å². The van der Waals surface area contributed by atoms with E-state index in [1.165, 1.54) is 0 Å². The second-order valence-corrected chi connectivity index (χ2v) is 8.62. The van der Waals surface area contributed by atoms with Crippen LogP contribution in [0.1, 0.15) is 37.8 Å². The summed E-state index contributed by atoms with van der Waals surface area (Å²) >= 11 is 12.0. The molecule has 5 heteroatoms. The molecule has 0 radical (unpaired) electrons. The van der Waals surface area contributed by atoms with Crippen molar-refractivity contribution >= 4 is 35.4 Å². The van der Waals surface area contributed by atoms with E-state index in [-0.39, 0.29) is 12.0 Å². The molecule has 0 aliphatic heterocycles. The highest BCUT2D eigenvalue weighted by atomic mass is 35.5. The molecule has 0 unspecified atom stereocenters. The molecule has 0 saturated carbocycles. The van der Waals surface area contributed by atoms with Crippen molar-refractivity contribution in [2.75, 3.05) is 13.1 Å². The Kier molecular flexibility index (Phi) is 8.36. The van der Waals surface area contributed by atoms with Gasteiger partial charge in [0, 0.05) is 29.1 Å². The van der Waals surface area contributed by atoms with Crippen molar-refractivity contribution in [1.82, 2.24) is 4.90 Å². The van der Waals surface area contributed by atoms with Crippen LogP contribution in [0.3, 0.4) is 0 Å². The average molecular weight is 432 g/mol. The van der Waals surface area contributed by atoms with Crippen LogP contribution in [-0.2, 0) is 4.74 Å². The van der Waals surface area contributed by atoms with Crippen LogP contribution in [-0.4, -0.2) is 29.7 Å². The zero-order valence-electron chi connectivity index (χ0n) is 17.1. The first-order valence-electron chi connectivity index (χ1n) is 9.46. The molecule has 1 atom stereocenters. The Hall–Kier alpha value is -2.23. The number of hydrogen-bond donors (Lipinski definition) is 0. The quantitative estimate of drug-likeness (QED) is 0.433. The Morgan fingerprint density at radius 3 is 2.14 bits per heavy atom. The van der Waals surface area contributed by atoms with Crippen LogP contribution in [0.2, 0.25) is 10.0 Å². The van der Waals surface area contributed by atoms with Crippen molar-refractivity contribution < 1.29 is 9.53 Å². The fourth-order valence-corrected chi connectivity index (χ4v) is 2.98. The van der Waals surface area contributed by atoms with E-state index in [4.69, 9.17) is 27.9 Å². The van der Waals surface area contributed by atoms with E-state index in [1.54, 1.807) is 11.0 Å². The third kappa shape index (κ3) is 7.96. The van der Waals surface area contributed by atoms with Gasteiger partial charge in [0.1, 0.15) is 5.60 Å². The summed E-state index contributed by atoms with van der Waals surface area (Å²) in [5.74, 6) is -0.0459. The van der Waals surface area contributed by atoms with Gasteiger partial charge in [0.15, 0.2) is 0 Å². The SMILES string of the molecule is C=CCN(C[C@H](/C=C/c1ccc(Cl)cc1)c1ccc(Cl)cc1)C(=O)OC(C)(C)C. The topological polar surface area (TPSA) is 29.5 Å². The summed E-state index contributed by atoms with van der Waals surface area (Å²) in [6.07, 6.45) is 5.44. The number of ether oxygens (including phenoxy) is 1. The van der Waals surface area contributed by atoms with E-state index in [2.05, 4.69) is 12.7 Å². The Balaban J connectivity index is 2.29. The molecule has 0 spiro atoms. The second-order valence-electron chi connectivity index (χ2n) is 7.74. The number of amides is 1. The Bertz CT molecular complexity index is 837. The zero-order valence-corrected chi connectivity index (χ0v) is 18.6. The highest BCUT2D eigenvalue weighted by Crippen LogP contribution is 2.24. The number of carbonyl (C=O) groups is 1. The van der Waals surface area contributed by atoms with Crippen LogP contribution in [0.5, 0.6) is 0 Å². The number of benzene rings is 2. The highest BCUT2D eigenvalue weighted by molar-refractivity contribution is 6.30. The van der Waals surface area contributed by atoms with Gasteiger partial charge < -0.3 is 9.64 Å². The molecule has 0 N–H and O–H groups in total. The smallest absolute Gasteiger partial charge is 0.410 e. The van der Waals surface area contributed by atoms with Crippen molar-refractivity contribution in [3.05, 3.63) is 88.4 Å². The van der Waals surface area contributed by atoms with Crippen LogP contribution in [0.4, 0.5) is 4.79 Å². The monoisotopic (exact) mass is 431 g/mol. The van der Waals surface area contributed by atoms with Gasteiger partial charge >= 0.3 is 6.09 Å². The lowest BCUT2D eigenvalue weighted by Crippen LogP contribution is -2.39. The Labute approximate surface area is 183 Å². The lowest BCUT2D eigenvalue weighted by Gasteiger charge is -2.29. The maximum atomic E-state index is 12.7. The maximum absolute atomic E-state index is 12.7. The first-order chi connectivity index (χ1) is 13.7. The van der Waals surface area contributed by atoms with E-state index >= 15 is 0 Å². The van der Waals surface area contributed by atoms with E-state index < -0.39 is 5.60 Å². The normalized spacial score (nSPS) is 12.6. The minimum atomic E-state index is -0.564. The summed E-state index contributed by atoms with van der Waals surface area (Å²) in [6, 6.07) is 15.3. The van der Waals surface area contributed by atoms with Crippen molar-refractivity contribution in [2.24, 2.45) is 0 Å². The predicted octanol–water partition coefficient (Wildman–Crippen LogP) is 7.21. The van der Waals surface area contributed by atoms with Crippen molar-refractivity contribution in [3.63, 3.8) is 0 Å². The molecule has 3 nitrogen and oxygen atoms in total. The summed E-state index contributed by atoms with van der Waals surface area (Å²) in [6.45, 7) is 10.2. The lowest BCUT2D eigenvalue weighted by atomic mass is 9.97. The van der Waals surface area contributed by atoms with Gasteiger partial charge in [-0.25, -0.2) is 4.79 Å². The Morgan fingerprint density at radius 1 is 1.07 bits per heavy atom. The van der Waals surface area contributed by atoms with Gasteiger partial charge in [-0.2, -0.15) is 0 Å². The number of hydrogen-bond acceptors (Lipinski definition) is 2. The Morgan fingerprint density at radius 2 is 1.62 bits per heavy atom. The molecule has 2 rings (SSSR count). The molecule has 0 aromatic heterocycles. The predicted molar refractivity (Wildman–Crippen MR) is 123 cm³/mol. The van der Waals surface area contributed by atoms with E-state index in [0.717, 1.165) is 11.1 Å². The van der Waals surface area contributed by atoms with E-state index in [1.807, 2.05) is 75.4 Å². The van der Waals surface area contributed by atoms with Crippen LogP contribution in [0.15, 0.2) is 67.3 Å². The highest BCUT2D eigenvalue weighted by Gasteiger charge is 2.24. The molecule has 29 heavy (non-hydrogen) atoms. The fraction of sp³-hybridized carbons (Fsp3) is 0.292. The minimum Gasteiger partial charge on any atom is -0.444 e. The summed E-state index contributed by atoms with van der Waals surface area (Å²) in [5, 5.41) is 1.36. The van der Waals surface area contributed by atoms with Gasteiger partial charge in [0.25, 0.3) is 0 Å². The number of rotatable bonds is 7. The summed E-state index contributed by atoms with van der Waals surface area (Å²) in [4.78, 5) is 14.3. The van der Waals surface area contributed by atoms with Crippen LogP contribution in [0.25, 0.3) is 6.08 Å². The van der Waals surface area contributed by atoms with Crippen LogP contribution in [0, 0.1) is 0 Å². The van der Waals surface area contributed by atoms with Crippen LogP contribution < -0.4 is 0 Å².